The molecule has 0 saturated heterocycles. The minimum absolute atomic E-state index is 0.710. The molecule has 0 aliphatic rings. The highest BCUT2D eigenvalue weighted by atomic mass is 79.9. The summed E-state index contributed by atoms with van der Waals surface area (Å²) in [4.78, 5) is 4.51. The normalized spacial score (nSPS) is 10.7. The molecule has 0 spiro atoms. The van der Waals surface area contributed by atoms with E-state index < -0.39 is 0 Å². The third-order valence-electron chi connectivity index (χ3n) is 2.51. The third-order valence-corrected chi connectivity index (χ3v) is 3.01. The van der Waals surface area contributed by atoms with E-state index in [4.69, 9.17) is 4.74 Å². The molecule has 0 radical (unpaired) electrons. The fourth-order valence-corrected chi connectivity index (χ4v) is 2.14. The molecule has 0 bridgehead atoms. The molecule has 2 rings (SSSR count). The van der Waals surface area contributed by atoms with Crippen LogP contribution in [0.5, 0.6) is 5.88 Å². The zero-order valence-electron chi connectivity index (χ0n) is 9.46. The number of pyridine rings is 1. The van der Waals surface area contributed by atoms with Crippen molar-refractivity contribution in [2.45, 2.75) is 19.8 Å². The fourth-order valence-electron chi connectivity index (χ4n) is 1.78. The van der Waals surface area contributed by atoms with Gasteiger partial charge in [0, 0.05) is 15.6 Å². The zero-order chi connectivity index (χ0) is 11.5. The first-order valence-electron chi connectivity index (χ1n) is 5.37. The molecule has 0 atom stereocenters. The standard InChI is InChI=1S/C13H14BrNO/c1-3-4-11-7-9-5-6-10(14)8-12(9)13(15-11)16-2/h5-8H,3-4H2,1-2H3. The number of methoxy groups -OCH3 is 1. The van der Waals surface area contributed by atoms with Crippen LogP contribution < -0.4 is 4.74 Å². The Morgan fingerprint density at radius 2 is 2.12 bits per heavy atom. The second kappa shape index (κ2) is 4.83. The first-order chi connectivity index (χ1) is 7.74. The van der Waals surface area contributed by atoms with Crippen molar-refractivity contribution in [3.63, 3.8) is 0 Å². The van der Waals surface area contributed by atoms with Gasteiger partial charge in [0.15, 0.2) is 0 Å². The van der Waals surface area contributed by atoms with E-state index in [0.29, 0.717) is 5.88 Å². The molecule has 1 aromatic heterocycles. The van der Waals surface area contributed by atoms with Gasteiger partial charge in [-0.25, -0.2) is 4.98 Å². The largest absolute Gasteiger partial charge is 0.481 e. The monoisotopic (exact) mass is 279 g/mol. The summed E-state index contributed by atoms with van der Waals surface area (Å²) >= 11 is 3.46. The van der Waals surface area contributed by atoms with Crippen LogP contribution in [-0.2, 0) is 6.42 Å². The summed E-state index contributed by atoms with van der Waals surface area (Å²) in [5, 5.41) is 2.23. The van der Waals surface area contributed by atoms with Gasteiger partial charge >= 0.3 is 0 Å². The van der Waals surface area contributed by atoms with Gasteiger partial charge in [-0.05, 0) is 30.0 Å². The Morgan fingerprint density at radius 1 is 1.31 bits per heavy atom. The van der Waals surface area contributed by atoms with Crippen molar-refractivity contribution in [1.82, 2.24) is 4.98 Å². The van der Waals surface area contributed by atoms with Gasteiger partial charge in [-0.3, -0.25) is 0 Å². The van der Waals surface area contributed by atoms with Crippen LogP contribution in [0.1, 0.15) is 19.0 Å². The topological polar surface area (TPSA) is 22.1 Å². The van der Waals surface area contributed by atoms with Crippen molar-refractivity contribution in [3.05, 3.63) is 34.4 Å². The molecule has 0 amide bonds. The van der Waals surface area contributed by atoms with Crippen molar-refractivity contribution < 1.29 is 4.74 Å². The Labute approximate surface area is 104 Å². The molecule has 16 heavy (non-hydrogen) atoms. The van der Waals surface area contributed by atoms with Gasteiger partial charge < -0.3 is 4.74 Å². The number of halogens is 1. The number of ether oxygens (including phenoxy) is 1. The molecule has 3 heteroatoms. The van der Waals surface area contributed by atoms with Gasteiger partial charge in [-0.1, -0.05) is 35.3 Å². The molecule has 2 nitrogen and oxygen atoms in total. The number of nitrogens with zero attached hydrogens (tertiary/aromatic N) is 1. The van der Waals surface area contributed by atoms with E-state index in [1.165, 1.54) is 5.39 Å². The van der Waals surface area contributed by atoms with Gasteiger partial charge in [0.2, 0.25) is 5.88 Å². The maximum atomic E-state index is 5.34. The first kappa shape index (κ1) is 11.4. The Morgan fingerprint density at radius 3 is 2.81 bits per heavy atom. The lowest BCUT2D eigenvalue weighted by molar-refractivity contribution is 0.402. The predicted octanol–water partition coefficient (Wildman–Crippen LogP) is 3.96. The second-order valence-electron chi connectivity index (χ2n) is 3.74. The molecular weight excluding hydrogens is 266 g/mol. The quantitative estimate of drug-likeness (QED) is 0.849. The number of aryl methyl sites for hydroxylation is 1. The number of hydrogen-bond donors (Lipinski definition) is 0. The lowest BCUT2D eigenvalue weighted by Gasteiger charge is -2.08. The molecule has 84 valence electrons. The minimum Gasteiger partial charge on any atom is -0.481 e. The summed E-state index contributed by atoms with van der Waals surface area (Å²) in [6.07, 6.45) is 2.08. The molecule has 0 saturated carbocycles. The minimum atomic E-state index is 0.710. The van der Waals surface area contributed by atoms with E-state index >= 15 is 0 Å². The van der Waals surface area contributed by atoms with E-state index in [1.54, 1.807) is 7.11 Å². The molecule has 2 aromatic rings. The number of aromatic nitrogens is 1. The van der Waals surface area contributed by atoms with E-state index in [1.807, 2.05) is 12.1 Å². The van der Waals surface area contributed by atoms with Crippen molar-refractivity contribution in [2.75, 3.05) is 7.11 Å². The highest BCUT2D eigenvalue weighted by molar-refractivity contribution is 9.10. The van der Waals surface area contributed by atoms with E-state index in [-0.39, 0.29) is 0 Å². The molecule has 1 aromatic carbocycles. The summed E-state index contributed by atoms with van der Waals surface area (Å²) in [5.41, 5.74) is 1.09. The van der Waals surface area contributed by atoms with Crippen LogP contribution in [0.25, 0.3) is 10.8 Å². The van der Waals surface area contributed by atoms with Crippen molar-refractivity contribution >= 4 is 26.7 Å². The Balaban J connectivity index is 2.63. The average molecular weight is 280 g/mol. The van der Waals surface area contributed by atoms with Gasteiger partial charge in [0.05, 0.1) is 7.11 Å². The van der Waals surface area contributed by atoms with E-state index in [0.717, 1.165) is 28.4 Å². The Hall–Kier alpha value is -1.09. The lowest BCUT2D eigenvalue weighted by Crippen LogP contribution is -1.95. The SMILES string of the molecule is CCCc1cc2ccc(Br)cc2c(OC)n1. The summed E-state index contributed by atoms with van der Waals surface area (Å²) in [7, 11) is 1.67. The average Bonchev–Trinajstić information content (AvgIpc) is 2.29. The maximum absolute atomic E-state index is 5.34. The molecule has 0 aliphatic carbocycles. The highest BCUT2D eigenvalue weighted by Gasteiger charge is 2.06. The van der Waals surface area contributed by atoms with Crippen LogP contribution in [0.3, 0.4) is 0 Å². The Kier molecular flexibility index (Phi) is 3.44. The highest BCUT2D eigenvalue weighted by Crippen LogP contribution is 2.27. The van der Waals surface area contributed by atoms with Gasteiger partial charge in [0.25, 0.3) is 0 Å². The van der Waals surface area contributed by atoms with E-state index in [2.05, 4.69) is 40.0 Å². The Bertz CT molecular complexity index is 511. The smallest absolute Gasteiger partial charge is 0.221 e. The maximum Gasteiger partial charge on any atom is 0.221 e. The first-order valence-corrected chi connectivity index (χ1v) is 6.17. The van der Waals surface area contributed by atoms with Gasteiger partial charge in [-0.2, -0.15) is 0 Å². The lowest BCUT2D eigenvalue weighted by atomic mass is 10.1. The summed E-state index contributed by atoms with van der Waals surface area (Å²) in [6.45, 7) is 2.15. The molecule has 1 heterocycles. The molecular formula is C13H14BrNO. The van der Waals surface area contributed by atoms with Crippen molar-refractivity contribution in [2.24, 2.45) is 0 Å². The van der Waals surface area contributed by atoms with E-state index in [9.17, 15) is 0 Å². The van der Waals surface area contributed by atoms with Crippen LogP contribution in [0, 0.1) is 0 Å². The number of hydrogen-bond acceptors (Lipinski definition) is 2. The third kappa shape index (κ3) is 2.19. The molecule has 0 N–H and O–H groups in total. The summed E-state index contributed by atoms with van der Waals surface area (Å²) in [6, 6.07) is 8.30. The molecule has 0 aliphatic heterocycles. The summed E-state index contributed by atoms with van der Waals surface area (Å²) in [5.74, 6) is 0.710. The van der Waals surface area contributed by atoms with Gasteiger partial charge in [-0.15, -0.1) is 0 Å². The zero-order valence-corrected chi connectivity index (χ0v) is 11.0. The fraction of sp³-hybridized carbons (Fsp3) is 0.308. The molecule has 0 unspecified atom stereocenters. The van der Waals surface area contributed by atoms with Crippen LogP contribution in [0.15, 0.2) is 28.7 Å². The van der Waals surface area contributed by atoms with Crippen LogP contribution in [-0.4, -0.2) is 12.1 Å². The number of fused-ring (bicyclic) bond motifs is 1. The molecule has 0 fully saturated rings. The summed E-state index contributed by atoms with van der Waals surface area (Å²) < 4.78 is 6.38. The van der Waals surface area contributed by atoms with Crippen LogP contribution in [0.2, 0.25) is 0 Å². The van der Waals surface area contributed by atoms with Crippen molar-refractivity contribution in [1.29, 1.82) is 0 Å². The van der Waals surface area contributed by atoms with Crippen LogP contribution >= 0.6 is 15.9 Å². The van der Waals surface area contributed by atoms with Crippen molar-refractivity contribution in [3.8, 4) is 5.88 Å². The predicted molar refractivity (Wildman–Crippen MR) is 70.0 cm³/mol. The van der Waals surface area contributed by atoms with Crippen LogP contribution in [0.4, 0.5) is 0 Å². The second-order valence-corrected chi connectivity index (χ2v) is 4.65. The number of benzene rings is 1. The van der Waals surface area contributed by atoms with Gasteiger partial charge in [0.1, 0.15) is 0 Å². The number of rotatable bonds is 3.